The van der Waals surface area contributed by atoms with E-state index in [2.05, 4.69) is 18.8 Å². The van der Waals surface area contributed by atoms with Crippen LogP contribution in [0, 0.1) is 0 Å². The number of hydrogen-bond acceptors (Lipinski definition) is 0. The zero-order valence-corrected chi connectivity index (χ0v) is 8.10. The van der Waals surface area contributed by atoms with Crippen molar-refractivity contribution in [2.45, 2.75) is 34.5 Å². The van der Waals surface area contributed by atoms with Crippen molar-refractivity contribution in [2.24, 2.45) is 0 Å². The topological polar surface area (TPSA) is 0 Å². The summed E-state index contributed by atoms with van der Waals surface area (Å²) in [5, 5.41) is 0. The van der Waals surface area contributed by atoms with Crippen LogP contribution < -0.4 is 0 Å². The molecule has 0 radical (unpaired) electrons. The molecule has 50 valence electrons. The molecule has 0 spiro atoms. The molecule has 0 bridgehead atoms. The first-order valence-corrected chi connectivity index (χ1v) is 7.93. The van der Waals surface area contributed by atoms with Gasteiger partial charge in [-0.3, -0.25) is 0 Å². The monoisotopic (exact) mass is 226 g/mol. The van der Waals surface area contributed by atoms with Crippen molar-refractivity contribution in [1.82, 2.24) is 0 Å². The van der Waals surface area contributed by atoms with Gasteiger partial charge in [-0.05, 0) is 0 Å². The van der Waals surface area contributed by atoms with Gasteiger partial charge in [-0.25, -0.2) is 0 Å². The van der Waals surface area contributed by atoms with E-state index in [4.69, 9.17) is 0 Å². The van der Waals surface area contributed by atoms with E-state index in [1.807, 2.05) is 0 Å². The summed E-state index contributed by atoms with van der Waals surface area (Å²) in [7, 11) is 0. The average Bonchev–Trinajstić information content (AvgIpc) is 1.98. The van der Waals surface area contributed by atoms with E-state index in [0.29, 0.717) is 0 Å². The van der Waals surface area contributed by atoms with Gasteiger partial charge in [-0.1, -0.05) is 0 Å². The summed E-state index contributed by atoms with van der Waals surface area (Å²) < 4.78 is 2.29. The van der Waals surface area contributed by atoms with Crippen LogP contribution in [0.2, 0.25) is 0 Å². The molecule has 1 heteroatoms. The Morgan fingerprint density at radius 2 is 1.50 bits per heavy atom. The Balaban J connectivity index is 2.44. The summed E-state index contributed by atoms with van der Waals surface area (Å²) in [4.78, 5) is 2.53. The van der Waals surface area contributed by atoms with Crippen LogP contribution in [-0.4, -0.2) is 12.8 Å². The summed E-state index contributed by atoms with van der Waals surface area (Å²) in [5.74, 6) is 0. The van der Waals surface area contributed by atoms with Gasteiger partial charge in [0.05, 0.1) is 0 Å². The molecule has 1 unspecified atom stereocenters. The Labute approximate surface area is 59.4 Å². The molecule has 0 amide bonds. The Morgan fingerprint density at radius 1 is 1.12 bits per heavy atom. The van der Waals surface area contributed by atoms with E-state index < -0.39 is 19.8 Å². The molecule has 1 heterocycles. The van der Waals surface area contributed by atoms with Crippen molar-refractivity contribution in [3.05, 3.63) is 0 Å². The molecule has 1 aliphatic rings. The van der Waals surface area contributed by atoms with Crippen molar-refractivity contribution in [3.8, 4) is 0 Å². The fourth-order valence-electron chi connectivity index (χ4n) is 1.17. The summed E-state index contributed by atoms with van der Waals surface area (Å²) in [6.07, 6.45) is 3.06. The minimum atomic E-state index is -0.394. The van der Waals surface area contributed by atoms with Crippen molar-refractivity contribution in [2.75, 3.05) is 4.93 Å². The fraction of sp³-hybridized carbons (Fsp3) is 1.00. The molecule has 0 nitrogen and oxygen atoms in total. The van der Waals surface area contributed by atoms with Crippen molar-refractivity contribution in [1.29, 1.82) is 0 Å². The molecule has 0 aromatic carbocycles. The quantitative estimate of drug-likeness (QED) is 0.440. The number of halogens is 1. The van der Waals surface area contributed by atoms with Gasteiger partial charge in [0.1, 0.15) is 0 Å². The Kier molecular flexibility index (Phi) is 2.18. The van der Waals surface area contributed by atoms with Gasteiger partial charge in [-0.2, -0.15) is 0 Å². The number of rotatable bonds is 0. The fourth-order valence-corrected chi connectivity index (χ4v) is 5.95. The second-order valence-electron chi connectivity index (χ2n) is 2.70. The molecular weight excluding hydrogens is 211 g/mol. The molecule has 2 atom stereocenters. The van der Waals surface area contributed by atoms with E-state index in [1.165, 1.54) is 12.8 Å². The first-order valence-electron chi connectivity index (χ1n) is 3.29. The number of hydrogen-bond donors (Lipinski definition) is 0. The van der Waals surface area contributed by atoms with Crippen LogP contribution in [0.25, 0.3) is 0 Å². The number of alkyl halides is 3. The minimum absolute atomic E-state index is 0.394. The zero-order chi connectivity index (χ0) is 6.15. The maximum absolute atomic E-state index is 2.53. The third kappa shape index (κ3) is 1.17. The summed E-state index contributed by atoms with van der Waals surface area (Å²) in [6, 6.07) is 0. The third-order valence-corrected chi connectivity index (χ3v) is 10.1. The molecule has 0 N–H and O–H groups in total. The van der Waals surface area contributed by atoms with E-state index >= 15 is 0 Å². The van der Waals surface area contributed by atoms with Gasteiger partial charge < -0.3 is 0 Å². The second kappa shape index (κ2) is 2.54. The molecular formula is C7H15I. The molecule has 0 aliphatic carbocycles. The van der Waals surface area contributed by atoms with Gasteiger partial charge in [0.15, 0.2) is 0 Å². The van der Waals surface area contributed by atoms with Crippen LogP contribution in [0.5, 0.6) is 0 Å². The average molecular weight is 226 g/mol. The van der Waals surface area contributed by atoms with Crippen molar-refractivity contribution in [3.63, 3.8) is 0 Å². The zero-order valence-electron chi connectivity index (χ0n) is 5.95. The molecule has 0 aromatic heterocycles. The van der Waals surface area contributed by atoms with Crippen LogP contribution in [-0.2, 0) is 0 Å². The first-order chi connectivity index (χ1) is 3.72. The van der Waals surface area contributed by atoms with Crippen LogP contribution in [0.3, 0.4) is 0 Å². The van der Waals surface area contributed by atoms with Crippen LogP contribution in [0.4, 0.5) is 0 Å². The Bertz CT molecular complexity index is 70.5. The molecule has 1 aliphatic heterocycles. The molecule has 0 saturated carbocycles. The SMILES string of the molecule is CC1CC[C@H](C)I1C. The Hall–Kier alpha value is 0.730. The predicted octanol–water partition coefficient (Wildman–Crippen LogP) is 2.69. The third-order valence-electron chi connectivity index (χ3n) is 2.14. The normalized spacial score (nSPS) is 43.1. The summed E-state index contributed by atoms with van der Waals surface area (Å²) in [5.41, 5.74) is 0. The standard InChI is InChI=1S/C7H15I/c1-6-4-5-7(2)8(6)3/h6-7H,4-5H2,1-3H3/t6-,7?/m0/s1. The van der Waals surface area contributed by atoms with Crippen LogP contribution in [0.1, 0.15) is 26.7 Å². The van der Waals surface area contributed by atoms with E-state index in [1.54, 1.807) is 0 Å². The van der Waals surface area contributed by atoms with E-state index in [-0.39, 0.29) is 0 Å². The summed E-state index contributed by atoms with van der Waals surface area (Å²) >= 11 is -0.394. The van der Waals surface area contributed by atoms with Crippen molar-refractivity contribution >= 4 is 19.8 Å². The van der Waals surface area contributed by atoms with Crippen LogP contribution >= 0.6 is 19.8 Å². The van der Waals surface area contributed by atoms with E-state index in [9.17, 15) is 0 Å². The Morgan fingerprint density at radius 3 is 1.62 bits per heavy atom. The van der Waals surface area contributed by atoms with Gasteiger partial charge in [0.2, 0.25) is 0 Å². The maximum atomic E-state index is 2.53. The van der Waals surface area contributed by atoms with E-state index in [0.717, 1.165) is 7.85 Å². The molecule has 1 saturated heterocycles. The van der Waals surface area contributed by atoms with Crippen LogP contribution in [0.15, 0.2) is 0 Å². The first kappa shape index (κ1) is 6.84. The van der Waals surface area contributed by atoms with Gasteiger partial charge in [0, 0.05) is 0 Å². The molecule has 1 fully saturated rings. The second-order valence-corrected chi connectivity index (χ2v) is 10.2. The van der Waals surface area contributed by atoms with Gasteiger partial charge in [-0.15, -0.1) is 0 Å². The summed E-state index contributed by atoms with van der Waals surface area (Å²) in [6.45, 7) is 4.88. The molecule has 0 aromatic rings. The van der Waals surface area contributed by atoms with Gasteiger partial charge in [0.25, 0.3) is 0 Å². The molecule has 1 rings (SSSR count). The predicted molar refractivity (Wildman–Crippen MR) is 48.1 cm³/mol. The van der Waals surface area contributed by atoms with Gasteiger partial charge >= 0.3 is 59.3 Å². The van der Waals surface area contributed by atoms with Crippen molar-refractivity contribution < 1.29 is 0 Å². The molecule has 8 heavy (non-hydrogen) atoms.